The average molecular weight is 1020 g/mol. The van der Waals surface area contributed by atoms with Crippen LogP contribution >= 0.6 is 75.8 Å². The van der Waals surface area contributed by atoms with E-state index in [1.807, 2.05) is 62.3 Å². The molecule has 0 radical (unpaired) electrons. The molecule has 0 heterocycles. The molecular weight excluding hydrogens is 925 g/mol. The fourth-order valence-electron chi connectivity index (χ4n) is 9.60. The summed E-state index contributed by atoms with van der Waals surface area (Å²) in [5.41, 5.74) is -0.238. The Hall–Kier alpha value is 2.39. The van der Waals surface area contributed by atoms with Gasteiger partial charge in [-0.15, -0.1) is 0 Å². The summed E-state index contributed by atoms with van der Waals surface area (Å²) in [6.45, 7) is 29.4. The highest BCUT2D eigenvalue weighted by atomic mass is 32.1. The van der Waals surface area contributed by atoms with E-state index in [-0.39, 0.29) is 65.9 Å². The summed E-state index contributed by atoms with van der Waals surface area (Å²) >= 11 is 31.3. The van der Waals surface area contributed by atoms with Crippen molar-refractivity contribution in [2.75, 3.05) is 59.5 Å². The molecule has 0 aromatic carbocycles. The van der Waals surface area contributed by atoms with Crippen molar-refractivity contribution in [1.29, 1.82) is 0 Å². The smallest absolute Gasteiger partial charge is 0.374 e. The van der Waals surface area contributed by atoms with Crippen LogP contribution in [0.1, 0.15) is 141 Å². The highest BCUT2D eigenvalue weighted by Gasteiger charge is 2.62. The van der Waals surface area contributed by atoms with E-state index in [1.54, 1.807) is 0 Å². The van der Waals surface area contributed by atoms with Crippen LogP contribution in [-0.4, -0.2) is 117 Å². The lowest BCUT2D eigenvalue weighted by Gasteiger charge is -2.52. The molecule has 0 saturated heterocycles. The first-order chi connectivity index (χ1) is 28.6. The molecule has 9 nitrogen and oxygen atoms in total. The zero-order valence-electron chi connectivity index (χ0n) is 39.5. The molecule has 0 N–H and O–H groups in total. The Balaban J connectivity index is 4.45. The summed E-state index contributed by atoms with van der Waals surface area (Å²) in [5, 5.41) is -0.188. The van der Waals surface area contributed by atoms with Gasteiger partial charge in [-0.1, -0.05) is 33.6 Å². The SMILES string of the molecule is CCCC(S)C(S)C(S)CC(C1CCC(C(C)[Si](OCC)(OCC)OCC)CC1C(CC(S)C(S)C(S)CCC)[Si](OCC)(OCC)OCC)[Si](OCC)(OCC)OCC. The van der Waals surface area contributed by atoms with Crippen LogP contribution in [0, 0.1) is 17.8 Å². The van der Waals surface area contributed by atoms with Crippen LogP contribution < -0.4 is 0 Å². The summed E-state index contributed by atoms with van der Waals surface area (Å²) in [6, 6.07) is 0. The Morgan fingerprint density at radius 1 is 0.417 bits per heavy atom. The quantitative estimate of drug-likeness (QED) is 0.0272. The molecule has 1 fully saturated rings. The van der Waals surface area contributed by atoms with Crippen LogP contribution in [0.25, 0.3) is 0 Å². The molecule has 0 bridgehead atoms. The average Bonchev–Trinajstić information content (AvgIpc) is 3.21. The van der Waals surface area contributed by atoms with E-state index in [4.69, 9.17) is 116 Å². The van der Waals surface area contributed by atoms with Gasteiger partial charge in [0.1, 0.15) is 0 Å². The first kappa shape index (κ1) is 60.4. The number of rotatable bonds is 36. The van der Waals surface area contributed by atoms with Crippen LogP contribution in [0.15, 0.2) is 0 Å². The van der Waals surface area contributed by atoms with Crippen LogP contribution in [0.5, 0.6) is 0 Å². The van der Waals surface area contributed by atoms with E-state index >= 15 is 0 Å². The first-order valence-electron chi connectivity index (χ1n) is 23.5. The minimum absolute atomic E-state index is 0.0124. The largest absolute Gasteiger partial charge is 0.504 e. The van der Waals surface area contributed by atoms with Crippen molar-refractivity contribution in [3.63, 3.8) is 0 Å². The minimum atomic E-state index is -3.47. The predicted octanol–water partition coefficient (Wildman–Crippen LogP) is 11.5. The Morgan fingerprint density at radius 3 is 1.02 bits per heavy atom. The Bertz CT molecular complexity index is 1050. The second kappa shape index (κ2) is 32.2. The number of thiol groups is 6. The molecule has 0 amide bonds. The molecular formula is C42H90O9S6Si3. The highest BCUT2D eigenvalue weighted by Crippen LogP contribution is 2.58. The fourth-order valence-corrected chi connectivity index (χ4v) is 22.9. The van der Waals surface area contributed by atoms with Gasteiger partial charge >= 0.3 is 26.4 Å². The van der Waals surface area contributed by atoms with Gasteiger partial charge in [0.2, 0.25) is 0 Å². The maximum Gasteiger partial charge on any atom is 0.504 e. The second-order valence-electron chi connectivity index (χ2n) is 15.9. The molecule has 0 spiro atoms. The molecule has 1 aliphatic rings. The summed E-state index contributed by atoms with van der Waals surface area (Å²) in [4.78, 5) is 0. The van der Waals surface area contributed by atoms with Gasteiger partial charge < -0.3 is 39.8 Å². The van der Waals surface area contributed by atoms with Gasteiger partial charge in [-0.2, -0.15) is 75.8 Å². The van der Waals surface area contributed by atoms with Crippen LogP contribution in [0.3, 0.4) is 0 Å². The van der Waals surface area contributed by atoms with Gasteiger partial charge in [0.05, 0.1) is 0 Å². The standard InChI is InChI=1S/C42H90O9S6Si3/c1-13-24-35(52)41(56)37(54)29-39(59(46-18-6,47-19-7)48-20-8)33-27-26-32(31(12)58(43-15-3,44-16-4)45-17-5)28-34(33)40(30-38(55)42(57)36(53)25-14-2)60(49-21-9,50-22-10)51-23-11/h31-42,52-57H,13-30H2,1-12H3. The normalized spacial score (nSPS) is 22.8. The van der Waals surface area contributed by atoms with Crippen molar-refractivity contribution >= 4 is 102 Å². The Labute approximate surface area is 405 Å². The second-order valence-corrected chi connectivity index (χ2v) is 28.4. The fraction of sp³-hybridized carbons (Fsp3) is 1.00. The molecule has 1 rings (SSSR count). The van der Waals surface area contributed by atoms with Crippen LogP contribution in [-0.2, 0) is 39.8 Å². The molecule has 60 heavy (non-hydrogen) atoms. The number of hydrogen-bond acceptors (Lipinski definition) is 15. The highest BCUT2D eigenvalue weighted by molar-refractivity contribution is 7.88. The van der Waals surface area contributed by atoms with Gasteiger partial charge in [-0.25, -0.2) is 0 Å². The molecule has 1 aliphatic carbocycles. The maximum atomic E-state index is 6.96. The molecule has 12 unspecified atom stereocenters. The first-order valence-corrected chi connectivity index (χ1v) is 32.0. The molecule has 12 atom stereocenters. The van der Waals surface area contributed by atoms with Crippen molar-refractivity contribution in [3.05, 3.63) is 0 Å². The van der Waals surface area contributed by atoms with Gasteiger partial charge in [-0.3, -0.25) is 0 Å². The lowest BCUT2D eigenvalue weighted by molar-refractivity contribution is 0.0104. The van der Waals surface area contributed by atoms with E-state index in [2.05, 4.69) is 20.8 Å². The summed E-state index contributed by atoms with van der Waals surface area (Å²) in [5.74, 6) is 0.285. The number of hydrogen-bond donors (Lipinski definition) is 6. The third-order valence-electron chi connectivity index (χ3n) is 12.0. The Kier molecular flexibility index (Phi) is 32.4. The van der Waals surface area contributed by atoms with Crippen LogP contribution in [0.2, 0.25) is 16.6 Å². The van der Waals surface area contributed by atoms with E-state index in [0.29, 0.717) is 72.3 Å². The van der Waals surface area contributed by atoms with E-state index in [0.717, 1.165) is 44.9 Å². The minimum Gasteiger partial charge on any atom is -0.374 e. The van der Waals surface area contributed by atoms with Crippen LogP contribution in [0.4, 0.5) is 0 Å². The van der Waals surface area contributed by atoms with Crippen molar-refractivity contribution in [3.8, 4) is 0 Å². The van der Waals surface area contributed by atoms with Crippen molar-refractivity contribution < 1.29 is 39.8 Å². The molecule has 1 saturated carbocycles. The topological polar surface area (TPSA) is 83.1 Å². The molecule has 0 aliphatic heterocycles. The third-order valence-corrected chi connectivity index (χ3v) is 27.6. The molecule has 18 heteroatoms. The summed E-state index contributed by atoms with van der Waals surface area (Å²) in [6.07, 6.45) is 7.96. The van der Waals surface area contributed by atoms with Gasteiger partial charge in [0, 0.05) is 108 Å². The lowest BCUT2D eigenvalue weighted by atomic mass is 9.68. The zero-order valence-corrected chi connectivity index (χ0v) is 47.9. The monoisotopic (exact) mass is 1010 g/mol. The van der Waals surface area contributed by atoms with Gasteiger partial charge in [-0.05, 0) is 125 Å². The summed E-state index contributed by atoms with van der Waals surface area (Å²) < 4.78 is 61.5. The molecule has 360 valence electrons. The maximum absolute atomic E-state index is 6.96. The lowest BCUT2D eigenvalue weighted by Crippen LogP contribution is -2.59. The summed E-state index contributed by atoms with van der Waals surface area (Å²) in [7, 11) is -10.0. The van der Waals surface area contributed by atoms with Crippen molar-refractivity contribution in [2.24, 2.45) is 17.8 Å². The van der Waals surface area contributed by atoms with Gasteiger partial charge in [0.15, 0.2) is 0 Å². The molecule has 0 aromatic rings. The van der Waals surface area contributed by atoms with Crippen molar-refractivity contribution in [1.82, 2.24) is 0 Å². The van der Waals surface area contributed by atoms with E-state index in [1.165, 1.54) is 0 Å². The van der Waals surface area contributed by atoms with Crippen molar-refractivity contribution in [2.45, 2.75) is 189 Å². The van der Waals surface area contributed by atoms with E-state index in [9.17, 15) is 0 Å². The predicted molar refractivity (Wildman–Crippen MR) is 279 cm³/mol. The van der Waals surface area contributed by atoms with E-state index < -0.39 is 26.4 Å². The van der Waals surface area contributed by atoms with Gasteiger partial charge in [0.25, 0.3) is 0 Å². The Morgan fingerprint density at radius 2 is 0.717 bits per heavy atom. The third kappa shape index (κ3) is 17.2. The molecule has 0 aromatic heterocycles. The zero-order chi connectivity index (χ0) is 45.5.